The van der Waals surface area contributed by atoms with Crippen molar-refractivity contribution in [3.05, 3.63) is 71.8 Å². The summed E-state index contributed by atoms with van der Waals surface area (Å²) in [4.78, 5) is 0. The van der Waals surface area contributed by atoms with Gasteiger partial charge in [0.15, 0.2) is 0 Å². The van der Waals surface area contributed by atoms with Crippen LogP contribution >= 0.6 is 0 Å². The molecular weight excluding hydrogens is 405 g/mol. The standard InChI is InChI=1S/C22H30N.HI/c1-23(2)18-10-9-15-21(23)16-17-22(19-11-5-3-6-12-19)20-13-7-4-8-14-20;/h3-8,11-14,21-22H,9-10,15-18H2,1-2H3;1H/q+1;/p-1. The van der Waals surface area contributed by atoms with E-state index in [2.05, 4.69) is 74.8 Å². The Labute approximate surface area is 164 Å². The van der Waals surface area contributed by atoms with Gasteiger partial charge in [0.05, 0.1) is 26.7 Å². The summed E-state index contributed by atoms with van der Waals surface area (Å²) < 4.78 is 1.20. The van der Waals surface area contributed by atoms with E-state index in [1.54, 1.807) is 0 Å². The molecule has 0 spiro atoms. The minimum absolute atomic E-state index is 0. The maximum atomic E-state index is 2.42. The van der Waals surface area contributed by atoms with Crippen LogP contribution in [0.1, 0.15) is 49.1 Å². The van der Waals surface area contributed by atoms with Gasteiger partial charge >= 0.3 is 0 Å². The minimum Gasteiger partial charge on any atom is -1.00 e. The molecule has 2 heteroatoms. The molecule has 2 aromatic rings. The molecule has 1 saturated heterocycles. The second-order valence-electron chi connectivity index (χ2n) is 7.60. The van der Waals surface area contributed by atoms with Crippen LogP contribution in [0.5, 0.6) is 0 Å². The molecule has 1 atom stereocenters. The van der Waals surface area contributed by atoms with Crippen LogP contribution in [0.15, 0.2) is 60.7 Å². The number of piperidine rings is 1. The first kappa shape index (κ1) is 19.5. The van der Waals surface area contributed by atoms with Gasteiger partial charge in [-0.25, -0.2) is 0 Å². The first-order valence-corrected chi connectivity index (χ1v) is 9.09. The Balaban J connectivity index is 0.00000208. The molecule has 1 aliphatic heterocycles. The van der Waals surface area contributed by atoms with Gasteiger partial charge in [-0.2, -0.15) is 0 Å². The Morgan fingerprint density at radius 2 is 1.42 bits per heavy atom. The van der Waals surface area contributed by atoms with Gasteiger partial charge in [0, 0.05) is 12.3 Å². The molecule has 1 fully saturated rings. The highest BCUT2D eigenvalue weighted by Gasteiger charge is 2.31. The van der Waals surface area contributed by atoms with Crippen molar-refractivity contribution in [2.75, 3.05) is 20.6 Å². The average molecular weight is 435 g/mol. The van der Waals surface area contributed by atoms with Gasteiger partial charge in [-0.1, -0.05) is 60.7 Å². The number of hydrogen-bond acceptors (Lipinski definition) is 0. The summed E-state index contributed by atoms with van der Waals surface area (Å²) in [5.41, 5.74) is 2.92. The molecule has 1 unspecified atom stereocenters. The number of likely N-dealkylation sites (tertiary alicyclic amines) is 1. The van der Waals surface area contributed by atoms with Crippen LogP contribution in [0.3, 0.4) is 0 Å². The zero-order valence-corrected chi connectivity index (χ0v) is 17.2. The van der Waals surface area contributed by atoms with Crippen molar-refractivity contribution < 1.29 is 28.5 Å². The molecule has 0 aromatic heterocycles. The third-order valence-electron chi connectivity index (χ3n) is 5.70. The Morgan fingerprint density at radius 3 is 1.92 bits per heavy atom. The van der Waals surface area contributed by atoms with Crippen LogP contribution < -0.4 is 24.0 Å². The predicted octanol–water partition coefficient (Wildman–Crippen LogP) is 2.23. The van der Waals surface area contributed by atoms with E-state index in [0.29, 0.717) is 5.92 Å². The molecule has 1 nitrogen and oxygen atoms in total. The van der Waals surface area contributed by atoms with Gasteiger partial charge in [-0.05, 0) is 36.8 Å². The van der Waals surface area contributed by atoms with Crippen LogP contribution in [0.2, 0.25) is 0 Å². The van der Waals surface area contributed by atoms with Gasteiger partial charge in [-0.15, -0.1) is 0 Å². The smallest absolute Gasteiger partial charge is 0.0886 e. The maximum absolute atomic E-state index is 2.42. The predicted molar refractivity (Wildman–Crippen MR) is 98.6 cm³/mol. The number of halogens is 1. The van der Waals surface area contributed by atoms with E-state index >= 15 is 0 Å². The first-order valence-electron chi connectivity index (χ1n) is 9.09. The summed E-state index contributed by atoms with van der Waals surface area (Å²) in [7, 11) is 4.84. The molecule has 2 aromatic carbocycles. The molecule has 0 N–H and O–H groups in total. The number of quaternary nitrogens is 1. The lowest BCUT2D eigenvalue weighted by atomic mass is 9.84. The largest absolute Gasteiger partial charge is 1.00 e. The summed E-state index contributed by atoms with van der Waals surface area (Å²) in [6.07, 6.45) is 6.77. The van der Waals surface area contributed by atoms with Crippen LogP contribution in [-0.4, -0.2) is 31.2 Å². The zero-order chi connectivity index (χ0) is 16.1. The molecule has 1 heterocycles. The molecule has 0 aliphatic carbocycles. The van der Waals surface area contributed by atoms with Crippen LogP contribution in [-0.2, 0) is 0 Å². The van der Waals surface area contributed by atoms with E-state index < -0.39 is 0 Å². The Kier molecular flexibility index (Phi) is 7.30. The number of benzene rings is 2. The normalized spacial score (nSPS) is 19.7. The molecule has 130 valence electrons. The van der Waals surface area contributed by atoms with E-state index in [0.717, 1.165) is 6.04 Å². The highest BCUT2D eigenvalue weighted by Crippen LogP contribution is 2.33. The van der Waals surface area contributed by atoms with Gasteiger partial charge in [-0.3, -0.25) is 0 Å². The molecule has 24 heavy (non-hydrogen) atoms. The van der Waals surface area contributed by atoms with E-state index in [-0.39, 0.29) is 24.0 Å². The number of rotatable bonds is 5. The Hall–Kier alpha value is -0.870. The summed E-state index contributed by atoms with van der Waals surface area (Å²) in [6, 6.07) is 22.9. The van der Waals surface area contributed by atoms with Gasteiger partial charge in [0.2, 0.25) is 0 Å². The van der Waals surface area contributed by atoms with Crippen LogP contribution in [0.4, 0.5) is 0 Å². The Morgan fingerprint density at radius 1 is 0.875 bits per heavy atom. The van der Waals surface area contributed by atoms with Gasteiger partial charge in [0.25, 0.3) is 0 Å². The fraction of sp³-hybridized carbons (Fsp3) is 0.455. The average Bonchev–Trinajstić information content (AvgIpc) is 2.58. The molecule has 3 rings (SSSR count). The van der Waals surface area contributed by atoms with E-state index in [4.69, 9.17) is 0 Å². The molecule has 0 saturated carbocycles. The van der Waals surface area contributed by atoms with Crippen molar-refractivity contribution in [1.82, 2.24) is 0 Å². The molecule has 0 amide bonds. The topological polar surface area (TPSA) is 0 Å². The van der Waals surface area contributed by atoms with E-state index in [9.17, 15) is 0 Å². The maximum Gasteiger partial charge on any atom is 0.0886 e. The van der Waals surface area contributed by atoms with Crippen molar-refractivity contribution in [3.8, 4) is 0 Å². The lowest BCUT2D eigenvalue weighted by Gasteiger charge is -2.42. The van der Waals surface area contributed by atoms with Gasteiger partial charge in [0.1, 0.15) is 0 Å². The number of nitrogens with zero attached hydrogens (tertiary/aromatic N) is 1. The van der Waals surface area contributed by atoms with Crippen LogP contribution in [0, 0.1) is 0 Å². The van der Waals surface area contributed by atoms with Crippen molar-refractivity contribution in [1.29, 1.82) is 0 Å². The first-order chi connectivity index (χ1) is 11.2. The van der Waals surface area contributed by atoms with Gasteiger partial charge < -0.3 is 28.5 Å². The Bertz CT molecular complexity index is 554. The van der Waals surface area contributed by atoms with Crippen molar-refractivity contribution >= 4 is 0 Å². The van der Waals surface area contributed by atoms with E-state index in [1.165, 1.54) is 54.3 Å². The van der Waals surface area contributed by atoms with Crippen LogP contribution in [0.25, 0.3) is 0 Å². The number of hydrogen-bond donors (Lipinski definition) is 0. The van der Waals surface area contributed by atoms with Crippen molar-refractivity contribution in [2.45, 2.75) is 44.1 Å². The molecular formula is C22H30IN. The second-order valence-corrected chi connectivity index (χ2v) is 7.60. The highest BCUT2D eigenvalue weighted by molar-refractivity contribution is 5.32. The van der Waals surface area contributed by atoms with Crippen molar-refractivity contribution in [2.24, 2.45) is 0 Å². The zero-order valence-electron chi connectivity index (χ0n) is 15.0. The SMILES string of the molecule is C[N+]1(C)CCCCC1CCC(c1ccccc1)c1ccccc1.[I-]. The molecule has 1 aliphatic rings. The fourth-order valence-electron chi connectivity index (χ4n) is 4.18. The lowest BCUT2D eigenvalue weighted by Crippen LogP contribution is -3.00. The highest BCUT2D eigenvalue weighted by atomic mass is 127. The lowest BCUT2D eigenvalue weighted by molar-refractivity contribution is -0.920. The third-order valence-corrected chi connectivity index (χ3v) is 5.70. The molecule has 0 bridgehead atoms. The fourth-order valence-corrected chi connectivity index (χ4v) is 4.18. The monoisotopic (exact) mass is 435 g/mol. The van der Waals surface area contributed by atoms with Crippen molar-refractivity contribution in [3.63, 3.8) is 0 Å². The second kappa shape index (κ2) is 9.00. The summed E-state index contributed by atoms with van der Waals surface area (Å²) in [5, 5.41) is 0. The van der Waals surface area contributed by atoms with E-state index in [1.807, 2.05) is 0 Å². The minimum atomic E-state index is 0. The quantitative estimate of drug-likeness (QED) is 0.499. The molecule has 0 radical (unpaired) electrons. The summed E-state index contributed by atoms with van der Waals surface area (Å²) in [6.45, 7) is 1.34. The summed E-state index contributed by atoms with van der Waals surface area (Å²) in [5.74, 6) is 0.527. The third kappa shape index (κ3) is 4.82. The summed E-state index contributed by atoms with van der Waals surface area (Å²) >= 11 is 0.